The topological polar surface area (TPSA) is 98.0 Å². The molecule has 0 radical (unpaired) electrons. The number of phenolic OH excluding ortho intramolecular Hbond substituents is 4. The third-order valence-corrected chi connectivity index (χ3v) is 4.93. The van der Waals surface area contributed by atoms with Gasteiger partial charge in [0.25, 0.3) is 0 Å². The molecule has 4 rings (SSSR count). The molecule has 5 nitrogen and oxygen atoms in total. The lowest BCUT2D eigenvalue weighted by Gasteiger charge is -2.16. The van der Waals surface area contributed by atoms with Gasteiger partial charge in [-0.1, -0.05) is 60.7 Å². The van der Waals surface area contributed by atoms with E-state index < -0.39 is 17.3 Å². The molecule has 0 aromatic heterocycles. The Morgan fingerprint density at radius 1 is 0.500 bits per heavy atom. The number of hydrogen-bond acceptors (Lipinski definition) is 5. The van der Waals surface area contributed by atoms with E-state index in [0.717, 1.165) is 0 Å². The predicted octanol–water partition coefficient (Wildman–Crippen LogP) is 5.07. The molecule has 4 N–H and O–H groups in total. The molecular weight excluding hydrogens is 380 g/mol. The normalized spacial score (nSPS) is 10.7. The van der Waals surface area contributed by atoms with Crippen molar-refractivity contribution in [3.63, 3.8) is 0 Å². The van der Waals surface area contributed by atoms with E-state index in [-0.39, 0.29) is 33.8 Å². The molecule has 0 spiro atoms. The van der Waals surface area contributed by atoms with Gasteiger partial charge in [-0.15, -0.1) is 0 Å². The van der Waals surface area contributed by atoms with Gasteiger partial charge in [-0.2, -0.15) is 0 Å². The van der Waals surface area contributed by atoms with E-state index in [1.807, 2.05) is 0 Å². The van der Waals surface area contributed by atoms with Crippen molar-refractivity contribution in [2.45, 2.75) is 0 Å². The number of aromatic hydroxyl groups is 4. The van der Waals surface area contributed by atoms with Crippen LogP contribution >= 0.6 is 0 Å². The first kappa shape index (κ1) is 19.1. The van der Waals surface area contributed by atoms with E-state index in [9.17, 15) is 25.2 Å². The van der Waals surface area contributed by atoms with E-state index >= 15 is 0 Å². The van der Waals surface area contributed by atoms with Crippen LogP contribution in [0.2, 0.25) is 0 Å². The van der Waals surface area contributed by atoms with Gasteiger partial charge in [-0.05, 0) is 35.4 Å². The predicted molar refractivity (Wildman–Crippen MR) is 114 cm³/mol. The van der Waals surface area contributed by atoms with Crippen LogP contribution in [-0.4, -0.2) is 26.2 Å². The zero-order valence-electron chi connectivity index (χ0n) is 15.8. The van der Waals surface area contributed by atoms with Gasteiger partial charge in [0.1, 0.15) is 0 Å². The number of phenols is 4. The van der Waals surface area contributed by atoms with Crippen LogP contribution in [0.3, 0.4) is 0 Å². The second kappa shape index (κ2) is 7.64. The molecule has 0 amide bonds. The Balaban J connectivity index is 1.97. The second-order valence-corrected chi connectivity index (χ2v) is 6.77. The van der Waals surface area contributed by atoms with Gasteiger partial charge in [-0.3, -0.25) is 4.79 Å². The summed E-state index contributed by atoms with van der Waals surface area (Å²) in [6.45, 7) is 0. The van der Waals surface area contributed by atoms with Crippen LogP contribution in [-0.2, 0) is 0 Å². The van der Waals surface area contributed by atoms with Gasteiger partial charge in [0.15, 0.2) is 28.8 Å². The van der Waals surface area contributed by atoms with E-state index in [4.69, 9.17) is 0 Å². The minimum Gasteiger partial charge on any atom is -0.504 e. The van der Waals surface area contributed by atoms with Crippen molar-refractivity contribution in [1.82, 2.24) is 0 Å². The Bertz CT molecular complexity index is 1130. The standard InChI is InChI=1S/C25H18O5/c26-19-13-11-17(21(24(19)29)15-7-3-1-4-8-15)23(28)18-12-14-20(27)25(30)22(18)16-9-5-2-6-10-16/h1-14,26-27,29-30H. The largest absolute Gasteiger partial charge is 0.504 e. The number of hydrogen-bond donors (Lipinski definition) is 4. The summed E-state index contributed by atoms with van der Waals surface area (Å²) in [6, 6.07) is 22.9. The maximum atomic E-state index is 13.6. The third-order valence-electron chi connectivity index (χ3n) is 4.93. The molecule has 0 aliphatic heterocycles. The fourth-order valence-corrected chi connectivity index (χ4v) is 3.48. The maximum Gasteiger partial charge on any atom is 0.194 e. The van der Waals surface area contributed by atoms with Gasteiger partial charge in [0.2, 0.25) is 0 Å². The highest BCUT2D eigenvalue weighted by Crippen LogP contribution is 2.43. The highest BCUT2D eigenvalue weighted by Gasteiger charge is 2.25. The molecule has 4 aromatic rings. The minimum atomic E-state index is -0.474. The summed E-state index contributed by atoms with van der Waals surface area (Å²) in [4.78, 5) is 13.6. The molecule has 0 aliphatic rings. The van der Waals surface area contributed by atoms with Crippen molar-refractivity contribution in [1.29, 1.82) is 0 Å². The number of carbonyl (C=O) groups excluding carboxylic acids is 1. The highest BCUT2D eigenvalue weighted by atomic mass is 16.3. The summed E-state index contributed by atoms with van der Waals surface area (Å²) in [5.74, 6) is -1.98. The highest BCUT2D eigenvalue weighted by molar-refractivity contribution is 6.17. The lowest BCUT2D eigenvalue weighted by atomic mass is 9.88. The van der Waals surface area contributed by atoms with Crippen LogP contribution in [0.1, 0.15) is 15.9 Å². The Hall–Kier alpha value is -4.25. The smallest absolute Gasteiger partial charge is 0.194 e. The summed E-state index contributed by atoms with van der Waals surface area (Å²) in [7, 11) is 0. The van der Waals surface area contributed by atoms with Gasteiger partial charge < -0.3 is 20.4 Å². The summed E-state index contributed by atoms with van der Waals surface area (Å²) >= 11 is 0. The third kappa shape index (κ3) is 3.22. The van der Waals surface area contributed by atoms with Crippen molar-refractivity contribution in [3.8, 4) is 45.3 Å². The van der Waals surface area contributed by atoms with Crippen LogP contribution in [0.25, 0.3) is 22.3 Å². The molecule has 0 bridgehead atoms. The van der Waals surface area contributed by atoms with E-state index in [0.29, 0.717) is 11.1 Å². The molecule has 148 valence electrons. The van der Waals surface area contributed by atoms with Crippen molar-refractivity contribution in [2.24, 2.45) is 0 Å². The summed E-state index contributed by atoms with van der Waals surface area (Å²) < 4.78 is 0. The van der Waals surface area contributed by atoms with Crippen molar-refractivity contribution in [3.05, 3.63) is 96.1 Å². The Kier molecular flexibility index (Phi) is 4.86. The SMILES string of the molecule is O=C(c1ccc(O)c(O)c1-c1ccccc1)c1ccc(O)c(O)c1-c1ccccc1. The number of carbonyl (C=O) groups is 1. The van der Waals surface area contributed by atoms with Gasteiger partial charge >= 0.3 is 0 Å². The molecule has 0 fully saturated rings. The van der Waals surface area contributed by atoms with Crippen LogP contribution in [0.15, 0.2) is 84.9 Å². The summed E-state index contributed by atoms with van der Waals surface area (Å²) in [5.41, 5.74) is 1.79. The zero-order valence-corrected chi connectivity index (χ0v) is 15.8. The van der Waals surface area contributed by atoms with Gasteiger partial charge in [-0.25, -0.2) is 0 Å². The number of rotatable bonds is 4. The fraction of sp³-hybridized carbons (Fsp3) is 0. The summed E-state index contributed by atoms with van der Waals surface area (Å²) in [5, 5.41) is 41.1. The molecule has 0 aliphatic carbocycles. The van der Waals surface area contributed by atoms with Crippen LogP contribution in [0.5, 0.6) is 23.0 Å². The zero-order chi connectivity index (χ0) is 21.3. The maximum absolute atomic E-state index is 13.6. The minimum absolute atomic E-state index is 0.152. The Morgan fingerprint density at radius 2 is 0.867 bits per heavy atom. The molecular formula is C25H18O5. The number of benzene rings is 4. The van der Waals surface area contributed by atoms with Crippen molar-refractivity contribution < 1.29 is 25.2 Å². The van der Waals surface area contributed by atoms with E-state index in [1.54, 1.807) is 60.7 Å². The fourth-order valence-electron chi connectivity index (χ4n) is 3.48. The first-order valence-corrected chi connectivity index (χ1v) is 9.24. The molecule has 0 unspecified atom stereocenters. The molecule has 5 heteroatoms. The molecule has 0 saturated carbocycles. The Morgan fingerprint density at radius 3 is 1.23 bits per heavy atom. The lowest BCUT2D eigenvalue weighted by Crippen LogP contribution is -2.06. The number of ketones is 1. The molecule has 0 heterocycles. The van der Waals surface area contributed by atoms with Crippen LogP contribution < -0.4 is 0 Å². The Labute approximate surface area is 172 Å². The van der Waals surface area contributed by atoms with Crippen molar-refractivity contribution >= 4 is 5.78 Å². The first-order valence-electron chi connectivity index (χ1n) is 9.24. The quantitative estimate of drug-likeness (QED) is 0.284. The van der Waals surface area contributed by atoms with Gasteiger partial charge in [0.05, 0.1) is 0 Å². The van der Waals surface area contributed by atoms with E-state index in [2.05, 4.69) is 0 Å². The first-order chi connectivity index (χ1) is 14.5. The second-order valence-electron chi connectivity index (χ2n) is 6.77. The lowest BCUT2D eigenvalue weighted by molar-refractivity contribution is 0.103. The molecule has 0 saturated heterocycles. The average molecular weight is 398 g/mol. The summed E-state index contributed by atoms with van der Waals surface area (Å²) in [6.07, 6.45) is 0. The van der Waals surface area contributed by atoms with Crippen molar-refractivity contribution in [2.75, 3.05) is 0 Å². The van der Waals surface area contributed by atoms with E-state index in [1.165, 1.54) is 24.3 Å². The van der Waals surface area contributed by atoms with Crippen LogP contribution in [0.4, 0.5) is 0 Å². The molecule has 30 heavy (non-hydrogen) atoms. The monoisotopic (exact) mass is 398 g/mol. The molecule has 4 aromatic carbocycles. The van der Waals surface area contributed by atoms with Gasteiger partial charge in [0, 0.05) is 22.3 Å². The molecule has 0 atom stereocenters. The average Bonchev–Trinajstić information content (AvgIpc) is 2.78. The van der Waals surface area contributed by atoms with Crippen LogP contribution in [0, 0.1) is 0 Å².